The van der Waals surface area contributed by atoms with Crippen molar-refractivity contribution in [1.29, 1.82) is 0 Å². The van der Waals surface area contributed by atoms with Crippen LogP contribution < -0.4 is 15.0 Å². The summed E-state index contributed by atoms with van der Waals surface area (Å²) in [6.45, 7) is 0.262. The van der Waals surface area contributed by atoms with Gasteiger partial charge in [0, 0.05) is 22.6 Å². The Bertz CT molecular complexity index is 1330. The lowest BCUT2D eigenvalue weighted by Gasteiger charge is -2.22. The number of amides is 1. The van der Waals surface area contributed by atoms with Crippen molar-refractivity contribution in [1.82, 2.24) is 9.88 Å². The summed E-state index contributed by atoms with van der Waals surface area (Å²) in [6, 6.07) is 14.1. The van der Waals surface area contributed by atoms with Gasteiger partial charge in [0.2, 0.25) is 6.79 Å². The molecule has 0 unspecified atom stereocenters. The number of furan rings is 1. The first-order valence-electron chi connectivity index (χ1n) is 9.59. The molecule has 1 N–H and O–H groups in total. The first kappa shape index (κ1) is 18.9. The maximum absolute atomic E-state index is 13.7. The number of benzene rings is 2. The van der Waals surface area contributed by atoms with Crippen LogP contribution in [0.1, 0.15) is 21.7 Å². The minimum Gasteiger partial charge on any atom is -0.467 e. The summed E-state index contributed by atoms with van der Waals surface area (Å²) in [4.78, 5) is 30.1. The van der Waals surface area contributed by atoms with Crippen LogP contribution in [0.5, 0.6) is 11.5 Å². The van der Waals surface area contributed by atoms with E-state index in [2.05, 4.69) is 4.98 Å². The Morgan fingerprint density at radius 3 is 2.65 bits per heavy atom. The van der Waals surface area contributed by atoms with Gasteiger partial charge < -0.3 is 23.8 Å². The van der Waals surface area contributed by atoms with E-state index in [9.17, 15) is 14.0 Å². The number of carbonyl (C=O) groups excluding carboxylic acids is 1. The predicted molar refractivity (Wildman–Crippen MR) is 109 cm³/mol. The molecule has 7 nitrogen and oxygen atoms in total. The largest absolute Gasteiger partial charge is 0.467 e. The highest BCUT2D eigenvalue weighted by atomic mass is 19.1. The van der Waals surface area contributed by atoms with Gasteiger partial charge in [-0.2, -0.15) is 0 Å². The average Bonchev–Trinajstić information content (AvgIpc) is 3.43. The molecule has 1 aliphatic rings. The highest BCUT2D eigenvalue weighted by Gasteiger charge is 2.21. The summed E-state index contributed by atoms with van der Waals surface area (Å²) in [5, 5.41) is 0.745. The molecule has 1 aliphatic heterocycles. The topological polar surface area (TPSA) is 84.8 Å². The first-order valence-corrected chi connectivity index (χ1v) is 9.59. The van der Waals surface area contributed by atoms with Crippen molar-refractivity contribution in [3.05, 3.63) is 93.9 Å². The molecule has 0 spiro atoms. The number of fused-ring (bicyclic) bond motifs is 2. The number of halogens is 1. The number of nitrogens with zero attached hydrogens (tertiary/aromatic N) is 1. The molecule has 5 rings (SSSR count). The second-order valence-electron chi connectivity index (χ2n) is 7.17. The normalized spacial score (nSPS) is 12.3. The van der Waals surface area contributed by atoms with Crippen molar-refractivity contribution >= 4 is 16.8 Å². The summed E-state index contributed by atoms with van der Waals surface area (Å²) in [5.74, 6) is 0.778. The summed E-state index contributed by atoms with van der Waals surface area (Å²) in [5.41, 5.74) is 0.838. The Hall–Kier alpha value is -4.07. The van der Waals surface area contributed by atoms with E-state index in [0.717, 1.165) is 5.39 Å². The highest BCUT2D eigenvalue weighted by Crippen LogP contribution is 2.35. The Balaban J connectivity index is 1.51. The Kier molecular flexibility index (Phi) is 4.66. The van der Waals surface area contributed by atoms with Gasteiger partial charge in [-0.05, 0) is 42.5 Å². The van der Waals surface area contributed by atoms with E-state index >= 15 is 0 Å². The SMILES string of the molecule is O=C(c1cccc(F)c1)N(Cc1ccco1)Cc1cc2cc3c(cc2[nH]c1=O)OCO3. The Morgan fingerprint density at radius 1 is 1.03 bits per heavy atom. The predicted octanol–water partition coefficient (Wildman–Crippen LogP) is 3.83. The summed E-state index contributed by atoms with van der Waals surface area (Å²) in [6.07, 6.45) is 1.51. The second-order valence-corrected chi connectivity index (χ2v) is 7.17. The Morgan fingerprint density at radius 2 is 1.87 bits per heavy atom. The Labute approximate surface area is 175 Å². The molecule has 2 aromatic carbocycles. The van der Waals surface area contributed by atoms with E-state index in [-0.39, 0.29) is 31.0 Å². The number of ether oxygens (including phenoxy) is 2. The molecular formula is C23H17FN2O5. The molecule has 4 aromatic rings. The molecule has 0 saturated heterocycles. The maximum Gasteiger partial charge on any atom is 0.254 e. The highest BCUT2D eigenvalue weighted by molar-refractivity contribution is 5.94. The van der Waals surface area contributed by atoms with Crippen LogP contribution in [0.3, 0.4) is 0 Å². The molecule has 0 saturated carbocycles. The maximum atomic E-state index is 13.7. The molecule has 8 heteroatoms. The third kappa shape index (κ3) is 3.75. The molecular weight excluding hydrogens is 403 g/mol. The fraction of sp³-hybridized carbons (Fsp3) is 0.130. The van der Waals surface area contributed by atoms with Crippen LogP contribution in [-0.4, -0.2) is 22.6 Å². The van der Waals surface area contributed by atoms with Crippen LogP contribution in [0.4, 0.5) is 4.39 Å². The minimum atomic E-state index is -0.511. The van der Waals surface area contributed by atoms with Crippen molar-refractivity contribution < 1.29 is 23.1 Å². The summed E-state index contributed by atoms with van der Waals surface area (Å²) < 4.78 is 29.8. The summed E-state index contributed by atoms with van der Waals surface area (Å²) >= 11 is 0. The molecule has 0 atom stereocenters. The fourth-order valence-electron chi connectivity index (χ4n) is 3.56. The van der Waals surface area contributed by atoms with Gasteiger partial charge in [-0.1, -0.05) is 6.07 Å². The molecule has 156 valence electrons. The lowest BCUT2D eigenvalue weighted by atomic mass is 10.1. The van der Waals surface area contributed by atoms with Gasteiger partial charge in [0.15, 0.2) is 11.5 Å². The lowest BCUT2D eigenvalue weighted by Crippen LogP contribution is -2.32. The molecule has 3 heterocycles. The number of pyridine rings is 1. The molecule has 0 aliphatic carbocycles. The van der Waals surface area contributed by atoms with Gasteiger partial charge >= 0.3 is 0 Å². The quantitative estimate of drug-likeness (QED) is 0.530. The second kappa shape index (κ2) is 7.64. The third-order valence-corrected chi connectivity index (χ3v) is 5.06. The van der Waals surface area contributed by atoms with E-state index in [4.69, 9.17) is 13.9 Å². The standard InChI is InChI=1S/C23H17FN2O5/c24-17-4-1-3-14(8-17)23(28)26(12-18-5-2-6-29-18)11-16-7-15-9-20-21(31-13-30-20)10-19(15)25-22(16)27/h1-10H,11-13H2,(H,25,27). The lowest BCUT2D eigenvalue weighted by molar-refractivity contribution is 0.0716. The van der Waals surface area contributed by atoms with Crippen molar-refractivity contribution in [3.63, 3.8) is 0 Å². The van der Waals surface area contributed by atoms with Crippen molar-refractivity contribution in [2.45, 2.75) is 13.1 Å². The van der Waals surface area contributed by atoms with Crippen LogP contribution in [-0.2, 0) is 13.1 Å². The smallest absolute Gasteiger partial charge is 0.254 e. The first-order chi connectivity index (χ1) is 15.1. The van der Waals surface area contributed by atoms with Crippen LogP contribution in [0.2, 0.25) is 0 Å². The number of hydrogen-bond acceptors (Lipinski definition) is 5. The van der Waals surface area contributed by atoms with Gasteiger partial charge in [0.1, 0.15) is 11.6 Å². The van der Waals surface area contributed by atoms with Gasteiger partial charge in [-0.3, -0.25) is 9.59 Å². The zero-order valence-corrected chi connectivity index (χ0v) is 16.3. The van der Waals surface area contributed by atoms with Crippen LogP contribution >= 0.6 is 0 Å². The van der Waals surface area contributed by atoms with E-state index in [1.54, 1.807) is 30.3 Å². The van der Waals surface area contributed by atoms with Gasteiger partial charge in [-0.15, -0.1) is 0 Å². The average molecular weight is 420 g/mol. The van der Waals surface area contributed by atoms with Gasteiger partial charge in [0.05, 0.1) is 24.9 Å². The monoisotopic (exact) mass is 420 g/mol. The van der Waals surface area contributed by atoms with Crippen LogP contribution in [0, 0.1) is 5.82 Å². The number of carbonyl (C=O) groups is 1. The van der Waals surface area contributed by atoms with E-state index in [0.29, 0.717) is 28.3 Å². The molecule has 0 fully saturated rings. The van der Waals surface area contributed by atoms with Gasteiger partial charge in [0.25, 0.3) is 11.5 Å². The number of aromatic amines is 1. The van der Waals surface area contributed by atoms with Crippen molar-refractivity contribution in [3.8, 4) is 11.5 Å². The number of rotatable bonds is 5. The van der Waals surface area contributed by atoms with Crippen LogP contribution in [0.15, 0.2) is 70.1 Å². The molecule has 31 heavy (non-hydrogen) atoms. The minimum absolute atomic E-state index is 0.00968. The van der Waals surface area contributed by atoms with E-state index in [1.165, 1.54) is 35.4 Å². The molecule has 1 amide bonds. The number of H-pyrrole nitrogens is 1. The fourth-order valence-corrected chi connectivity index (χ4v) is 3.56. The number of aromatic nitrogens is 1. The van der Waals surface area contributed by atoms with Crippen molar-refractivity contribution in [2.24, 2.45) is 0 Å². The van der Waals surface area contributed by atoms with E-state index in [1.807, 2.05) is 0 Å². The van der Waals surface area contributed by atoms with Crippen molar-refractivity contribution in [2.75, 3.05) is 6.79 Å². The van der Waals surface area contributed by atoms with Gasteiger partial charge in [-0.25, -0.2) is 4.39 Å². The van der Waals surface area contributed by atoms with Crippen LogP contribution in [0.25, 0.3) is 10.9 Å². The number of hydrogen-bond donors (Lipinski definition) is 1. The molecule has 0 radical (unpaired) electrons. The number of nitrogens with one attached hydrogen (secondary N) is 1. The zero-order valence-electron chi connectivity index (χ0n) is 16.3. The third-order valence-electron chi connectivity index (χ3n) is 5.06. The molecule has 2 aromatic heterocycles. The zero-order chi connectivity index (χ0) is 21.4. The summed E-state index contributed by atoms with van der Waals surface area (Å²) in [7, 11) is 0. The van der Waals surface area contributed by atoms with E-state index < -0.39 is 11.7 Å². The molecule has 0 bridgehead atoms.